The number of nitrogens with zero attached hydrogens (tertiary/aromatic N) is 1. The van der Waals surface area contributed by atoms with E-state index in [1.54, 1.807) is 49.5 Å². The maximum Gasteiger partial charge on any atom is 0.306 e. The van der Waals surface area contributed by atoms with E-state index in [9.17, 15) is 8.42 Å². The van der Waals surface area contributed by atoms with Crippen LogP contribution in [-0.2, 0) is 10.0 Å². The summed E-state index contributed by atoms with van der Waals surface area (Å²) in [5.41, 5.74) is 7.14. The fourth-order valence-electron chi connectivity index (χ4n) is 3.05. The molecule has 0 aromatic heterocycles. The topological polar surface area (TPSA) is 69.4 Å². The summed E-state index contributed by atoms with van der Waals surface area (Å²) in [7, 11) is -3.50. The monoisotopic (exact) mass is 405 g/mol. The Morgan fingerprint density at radius 3 is 2.67 bits per heavy atom. The Hall–Kier alpha value is -2.12. The number of sulfonamides is 1. The predicted octanol–water partition coefficient (Wildman–Crippen LogP) is 4.20. The van der Waals surface area contributed by atoms with Gasteiger partial charge in [0.2, 0.25) is 0 Å². The zero-order valence-electron chi connectivity index (χ0n) is 15.0. The largest absolute Gasteiger partial charge is 0.456 e. The van der Waals surface area contributed by atoms with E-state index >= 15 is 0 Å². The molecule has 1 atom stereocenters. The van der Waals surface area contributed by atoms with Gasteiger partial charge in [-0.1, -0.05) is 35.9 Å². The van der Waals surface area contributed by atoms with Gasteiger partial charge in [-0.3, -0.25) is 0 Å². The first-order valence-electron chi connectivity index (χ1n) is 8.64. The van der Waals surface area contributed by atoms with Gasteiger partial charge in [0.15, 0.2) is 5.69 Å². The molecule has 5 nitrogen and oxygen atoms in total. The van der Waals surface area contributed by atoms with Crippen LogP contribution in [0.4, 0.5) is 5.69 Å². The van der Waals surface area contributed by atoms with E-state index in [0.29, 0.717) is 28.8 Å². The number of nitrogens with two attached hydrogens (primary N) is 1. The average Bonchev–Trinajstić information content (AvgIpc) is 2.70. The Labute approximate surface area is 165 Å². The second-order valence-electron chi connectivity index (χ2n) is 6.19. The SMILES string of the molecule is CCS(=O)(=O)[N+]1(c2cccc(Oc3ccccc3Cl)c2)C=C(CN)C=CC1. The molecule has 0 bridgehead atoms. The highest BCUT2D eigenvalue weighted by Gasteiger charge is 2.42. The summed E-state index contributed by atoms with van der Waals surface area (Å²) in [6.45, 7) is 2.22. The smallest absolute Gasteiger partial charge is 0.306 e. The lowest BCUT2D eigenvalue weighted by Crippen LogP contribution is -2.51. The van der Waals surface area contributed by atoms with Gasteiger partial charge in [0.25, 0.3) is 0 Å². The quantitative estimate of drug-likeness (QED) is 0.731. The Morgan fingerprint density at radius 1 is 1.19 bits per heavy atom. The molecule has 0 saturated carbocycles. The van der Waals surface area contributed by atoms with Crippen LogP contribution in [0.2, 0.25) is 5.02 Å². The van der Waals surface area contributed by atoms with Crippen molar-refractivity contribution >= 4 is 27.3 Å². The molecule has 0 spiro atoms. The maximum atomic E-state index is 13.1. The number of halogens is 1. The Balaban J connectivity index is 2.08. The fourth-order valence-corrected chi connectivity index (χ4v) is 4.73. The van der Waals surface area contributed by atoms with Crippen LogP contribution in [0.5, 0.6) is 11.5 Å². The van der Waals surface area contributed by atoms with Crippen molar-refractivity contribution < 1.29 is 13.2 Å². The third-order valence-electron chi connectivity index (χ3n) is 4.50. The van der Waals surface area contributed by atoms with Crippen LogP contribution < -0.4 is 14.4 Å². The molecule has 7 heteroatoms. The minimum absolute atomic E-state index is 0.00475. The second kappa shape index (κ2) is 7.86. The van der Waals surface area contributed by atoms with E-state index in [4.69, 9.17) is 22.1 Å². The predicted molar refractivity (Wildman–Crippen MR) is 110 cm³/mol. The van der Waals surface area contributed by atoms with Gasteiger partial charge in [-0.15, -0.1) is 0 Å². The highest BCUT2D eigenvalue weighted by Crippen LogP contribution is 2.36. The Morgan fingerprint density at radius 2 is 1.96 bits per heavy atom. The highest BCUT2D eigenvalue weighted by atomic mass is 35.5. The van der Waals surface area contributed by atoms with Gasteiger partial charge in [0, 0.05) is 24.3 Å². The Bertz CT molecular complexity index is 1000. The van der Waals surface area contributed by atoms with E-state index < -0.39 is 10.0 Å². The molecule has 2 aromatic rings. The first-order valence-corrected chi connectivity index (χ1v) is 10.6. The van der Waals surface area contributed by atoms with Gasteiger partial charge in [-0.05, 0) is 31.2 Å². The molecule has 1 aliphatic heterocycles. The van der Waals surface area contributed by atoms with Crippen LogP contribution >= 0.6 is 11.6 Å². The molecule has 1 aliphatic rings. The molecule has 0 amide bonds. The van der Waals surface area contributed by atoms with Crippen LogP contribution in [0.1, 0.15) is 6.92 Å². The van der Waals surface area contributed by atoms with Gasteiger partial charge >= 0.3 is 10.0 Å². The fraction of sp³-hybridized carbons (Fsp3) is 0.200. The summed E-state index contributed by atoms with van der Waals surface area (Å²) in [6, 6.07) is 14.2. The molecule has 0 radical (unpaired) electrons. The molecule has 142 valence electrons. The Kier molecular flexibility index (Phi) is 5.72. The molecule has 2 aromatic carbocycles. The van der Waals surface area contributed by atoms with Crippen LogP contribution in [-0.4, -0.2) is 27.3 Å². The van der Waals surface area contributed by atoms with E-state index in [1.807, 2.05) is 24.3 Å². The van der Waals surface area contributed by atoms with E-state index in [-0.39, 0.29) is 16.2 Å². The molecule has 27 heavy (non-hydrogen) atoms. The van der Waals surface area contributed by atoms with Crippen molar-refractivity contribution in [2.75, 3.05) is 18.8 Å². The maximum absolute atomic E-state index is 13.1. The van der Waals surface area contributed by atoms with Gasteiger partial charge in [0.05, 0.1) is 10.8 Å². The van der Waals surface area contributed by atoms with Gasteiger partial charge in [-0.25, -0.2) is 0 Å². The number of hydrogen-bond acceptors (Lipinski definition) is 4. The lowest BCUT2D eigenvalue weighted by Gasteiger charge is -2.34. The number of rotatable bonds is 6. The number of benzene rings is 2. The number of quaternary nitrogens is 1. The van der Waals surface area contributed by atoms with Crippen LogP contribution in [0.15, 0.2) is 72.5 Å². The molecular weight excluding hydrogens is 384 g/mol. The first kappa shape index (κ1) is 19.6. The minimum atomic E-state index is -3.50. The second-order valence-corrected chi connectivity index (χ2v) is 8.99. The molecule has 0 fully saturated rings. The molecule has 0 aliphatic carbocycles. The van der Waals surface area contributed by atoms with Crippen molar-refractivity contribution in [1.82, 2.24) is 3.89 Å². The number of ether oxygens (including phenoxy) is 1. The minimum Gasteiger partial charge on any atom is -0.456 e. The molecule has 0 saturated heterocycles. The molecule has 3 rings (SSSR count). The van der Waals surface area contributed by atoms with E-state index in [0.717, 1.165) is 5.57 Å². The van der Waals surface area contributed by atoms with Crippen LogP contribution in [0.25, 0.3) is 0 Å². The van der Waals surface area contributed by atoms with Crippen molar-refractivity contribution in [3.63, 3.8) is 0 Å². The van der Waals surface area contributed by atoms with Crippen LogP contribution in [0, 0.1) is 0 Å². The van der Waals surface area contributed by atoms with Crippen molar-refractivity contribution in [3.8, 4) is 11.5 Å². The third-order valence-corrected chi connectivity index (χ3v) is 7.00. The molecule has 1 heterocycles. The lowest BCUT2D eigenvalue weighted by molar-refractivity contribution is 0.478. The highest BCUT2D eigenvalue weighted by molar-refractivity contribution is 7.91. The molecular formula is C20H22ClN2O3S+. The standard InChI is InChI=1S/C20H22ClN2O3S/c1-2-27(24,25)23(12-6-7-16(14-22)15-23)17-8-5-9-18(13-17)26-20-11-4-3-10-19(20)21/h3-11,13,15H,2,12,14,22H2,1H3/q+1. The van der Waals surface area contributed by atoms with Gasteiger partial charge in [-0.2, -0.15) is 12.3 Å². The lowest BCUT2D eigenvalue weighted by atomic mass is 10.2. The summed E-state index contributed by atoms with van der Waals surface area (Å²) < 4.78 is 31.7. The summed E-state index contributed by atoms with van der Waals surface area (Å²) in [6.07, 6.45) is 5.43. The zero-order valence-corrected chi connectivity index (χ0v) is 16.6. The van der Waals surface area contributed by atoms with Crippen molar-refractivity contribution in [2.45, 2.75) is 6.92 Å². The normalized spacial score (nSPS) is 19.6. The van der Waals surface area contributed by atoms with Crippen molar-refractivity contribution in [1.29, 1.82) is 0 Å². The van der Waals surface area contributed by atoms with Gasteiger partial charge in [0.1, 0.15) is 24.2 Å². The molecule has 2 N–H and O–H groups in total. The van der Waals surface area contributed by atoms with Crippen molar-refractivity contribution in [3.05, 3.63) is 77.5 Å². The van der Waals surface area contributed by atoms with Crippen LogP contribution in [0.3, 0.4) is 0 Å². The average molecular weight is 406 g/mol. The number of para-hydroxylation sites is 1. The van der Waals surface area contributed by atoms with Crippen molar-refractivity contribution in [2.24, 2.45) is 5.73 Å². The van der Waals surface area contributed by atoms with E-state index in [1.165, 1.54) is 0 Å². The summed E-state index contributed by atoms with van der Waals surface area (Å²) in [5.74, 6) is 1.03. The zero-order chi connectivity index (χ0) is 19.5. The first-order chi connectivity index (χ1) is 12.9. The molecule has 1 unspecified atom stereocenters. The summed E-state index contributed by atoms with van der Waals surface area (Å²) in [4.78, 5) is 0. The van der Waals surface area contributed by atoms with Gasteiger partial charge < -0.3 is 10.5 Å². The third kappa shape index (κ3) is 3.80. The summed E-state index contributed by atoms with van der Waals surface area (Å²) >= 11 is 6.17. The number of hydrogen-bond donors (Lipinski definition) is 1. The van der Waals surface area contributed by atoms with E-state index in [2.05, 4.69) is 0 Å². The summed E-state index contributed by atoms with van der Waals surface area (Å²) in [5, 5.41) is 0.485.